The lowest BCUT2D eigenvalue weighted by Crippen LogP contribution is -2.42. The molecule has 0 aliphatic carbocycles. The summed E-state index contributed by atoms with van der Waals surface area (Å²) in [7, 11) is 1.47. The summed E-state index contributed by atoms with van der Waals surface area (Å²) in [5.74, 6) is 0. The number of halogens is 2. The first-order chi connectivity index (χ1) is 4.13. The smallest absolute Gasteiger partial charge is 0.248 e. The summed E-state index contributed by atoms with van der Waals surface area (Å²) in [4.78, 5) is 1.12. The van der Waals surface area contributed by atoms with Crippen LogP contribution in [-0.2, 0) is 0 Å². The molecule has 1 nitrogen and oxygen atoms in total. The molecule has 0 saturated carbocycles. The fourth-order valence-corrected chi connectivity index (χ4v) is 1.04. The molecule has 0 aromatic carbocycles. The molecule has 0 unspecified atom stereocenters. The molecular weight excluding hydrogens is 124 g/mol. The maximum Gasteiger partial charge on any atom is 0.304 e. The van der Waals surface area contributed by atoms with Gasteiger partial charge in [0.2, 0.25) is 0 Å². The van der Waals surface area contributed by atoms with Crippen molar-refractivity contribution in [2.75, 3.05) is 13.6 Å². The molecule has 3 heteroatoms. The third-order valence-corrected chi connectivity index (χ3v) is 1.78. The molecule has 1 aliphatic heterocycles. The summed E-state index contributed by atoms with van der Waals surface area (Å²) in [6.07, 6.45) is 1.60. The van der Waals surface area contributed by atoms with Crippen LogP contribution in [0.2, 0.25) is 0 Å². The Kier molecular flexibility index (Phi) is 1.70. The van der Waals surface area contributed by atoms with Crippen molar-refractivity contribution in [1.29, 1.82) is 0 Å². The van der Waals surface area contributed by atoms with Gasteiger partial charge in [0.25, 0.3) is 0 Å². The van der Waals surface area contributed by atoms with E-state index in [1.165, 1.54) is 7.05 Å². The molecule has 0 aromatic rings. The zero-order valence-electron chi connectivity index (χ0n) is 5.53. The number of nitrogens with zero attached hydrogens (tertiary/aromatic N) is 1. The third-order valence-electron chi connectivity index (χ3n) is 1.78. The van der Waals surface area contributed by atoms with Gasteiger partial charge in [0, 0.05) is 13.0 Å². The van der Waals surface area contributed by atoms with E-state index in [0.717, 1.165) is 11.3 Å². The summed E-state index contributed by atoms with van der Waals surface area (Å²) in [5.41, 5.74) is 0. The molecule has 0 amide bonds. The second-order valence-corrected chi connectivity index (χ2v) is 2.54. The Labute approximate surface area is 53.6 Å². The Bertz CT molecular complexity index is 103. The Morgan fingerprint density at radius 2 is 2.00 bits per heavy atom. The minimum Gasteiger partial charge on any atom is -0.248 e. The number of rotatable bonds is 0. The van der Waals surface area contributed by atoms with Crippen LogP contribution in [-0.4, -0.2) is 24.5 Å². The van der Waals surface area contributed by atoms with Crippen molar-refractivity contribution in [2.45, 2.75) is 25.3 Å². The monoisotopic (exact) mass is 135 g/mol. The molecule has 1 fully saturated rings. The van der Waals surface area contributed by atoms with Crippen LogP contribution in [0.4, 0.5) is 8.78 Å². The van der Waals surface area contributed by atoms with Crippen molar-refractivity contribution >= 4 is 0 Å². The van der Waals surface area contributed by atoms with Gasteiger partial charge in [0.05, 0.1) is 0 Å². The highest BCUT2D eigenvalue weighted by Crippen LogP contribution is 2.28. The molecule has 0 bridgehead atoms. The predicted molar refractivity (Wildman–Crippen MR) is 31.4 cm³/mol. The number of alkyl halides is 2. The van der Waals surface area contributed by atoms with E-state index in [2.05, 4.69) is 0 Å². The number of likely N-dealkylation sites (tertiary alicyclic amines) is 1. The Balaban J connectivity index is 2.49. The maximum atomic E-state index is 12.5. The first kappa shape index (κ1) is 6.93. The molecule has 1 saturated heterocycles. The predicted octanol–water partition coefficient (Wildman–Crippen LogP) is 1.69. The largest absolute Gasteiger partial charge is 0.304 e. The van der Waals surface area contributed by atoms with Gasteiger partial charge in [-0.25, -0.2) is 4.90 Å². The van der Waals surface area contributed by atoms with Crippen molar-refractivity contribution in [3.05, 3.63) is 0 Å². The van der Waals surface area contributed by atoms with E-state index in [-0.39, 0.29) is 6.42 Å². The summed E-state index contributed by atoms with van der Waals surface area (Å²) >= 11 is 0. The highest BCUT2D eigenvalue weighted by Gasteiger charge is 2.35. The summed E-state index contributed by atoms with van der Waals surface area (Å²) in [6, 6.07) is -2.53. The molecular formula is C6H11F2N. The molecule has 1 heterocycles. The molecule has 9 heavy (non-hydrogen) atoms. The molecule has 54 valence electrons. The van der Waals surface area contributed by atoms with E-state index in [4.69, 9.17) is 0 Å². The van der Waals surface area contributed by atoms with Crippen molar-refractivity contribution in [3.8, 4) is 0 Å². The fourth-order valence-electron chi connectivity index (χ4n) is 1.04. The van der Waals surface area contributed by atoms with Gasteiger partial charge in [0.1, 0.15) is 0 Å². The van der Waals surface area contributed by atoms with Gasteiger partial charge in [-0.1, -0.05) is 0 Å². The van der Waals surface area contributed by atoms with E-state index in [1.54, 1.807) is 0 Å². The van der Waals surface area contributed by atoms with Gasteiger partial charge in [0.15, 0.2) is 0 Å². The topological polar surface area (TPSA) is 3.24 Å². The van der Waals surface area contributed by atoms with Gasteiger partial charge < -0.3 is 0 Å². The van der Waals surface area contributed by atoms with Crippen molar-refractivity contribution in [2.24, 2.45) is 0 Å². The quantitative estimate of drug-likeness (QED) is 0.457. The second-order valence-electron chi connectivity index (χ2n) is 2.54. The number of hydrogen-bond donors (Lipinski definition) is 0. The van der Waals surface area contributed by atoms with Crippen LogP contribution in [0, 0.1) is 0 Å². The van der Waals surface area contributed by atoms with E-state index in [9.17, 15) is 8.78 Å². The number of piperidine rings is 1. The molecule has 0 atom stereocenters. The average Bonchev–Trinajstić information content (AvgIpc) is 1.77. The van der Waals surface area contributed by atoms with Gasteiger partial charge in [-0.2, -0.15) is 8.78 Å². The minimum absolute atomic E-state index is 0.0312. The van der Waals surface area contributed by atoms with E-state index < -0.39 is 6.05 Å². The lowest BCUT2D eigenvalue weighted by Gasteiger charge is -2.31. The molecule has 0 N–H and O–H groups in total. The van der Waals surface area contributed by atoms with Gasteiger partial charge >= 0.3 is 6.05 Å². The van der Waals surface area contributed by atoms with Crippen molar-refractivity contribution in [1.82, 2.24) is 4.90 Å². The van der Waals surface area contributed by atoms with Crippen LogP contribution >= 0.6 is 0 Å². The van der Waals surface area contributed by atoms with Crippen molar-refractivity contribution < 1.29 is 8.78 Å². The Hall–Kier alpha value is -0.180. The van der Waals surface area contributed by atoms with Crippen LogP contribution in [0.1, 0.15) is 19.3 Å². The number of hydrogen-bond acceptors (Lipinski definition) is 1. The van der Waals surface area contributed by atoms with Crippen LogP contribution < -0.4 is 0 Å². The van der Waals surface area contributed by atoms with Crippen LogP contribution in [0.25, 0.3) is 0 Å². The van der Waals surface area contributed by atoms with Gasteiger partial charge in [-0.15, -0.1) is 0 Å². The molecule has 0 spiro atoms. The molecule has 0 aromatic heterocycles. The van der Waals surface area contributed by atoms with E-state index >= 15 is 0 Å². The molecule has 1 rings (SSSR count). The standard InChI is InChI=1S/C6H11F2N/c1-9-5-3-2-4-6(9,7)8/h2-5H2,1H3. The molecule has 1 aliphatic rings. The van der Waals surface area contributed by atoms with Gasteiger partial charge in [-0.3, -0.25) is 0 Å². The first-order valence-electron chi connectivity index (χ1n) is 3.22. The fraction of sp³-hybridized carbons (Fsp3) is 1.00. The maximum absolute atomic E-state index is 12.5. The average molecular weight is 135 g/mol. The highest BCUT2D eigenvalue weighted by atomic mass is 19.3. The molecule has 0 radical (unpaired) electrons. The first-order valence-corrected chi connectivity index (χ1v) is 3.22. The van der Waals surface area contributed by atoms with E-state index in [1.807, 2.05) is 0 Å². The summed E-state index contributed by atoms with van der Waals surface area (Å²) in [5, 5.41) is 0. The van der Waals surface area contributed by atoms with Crippen LogP contribution in [0.3, 0.4) is 0 Å². The summed E-state index contributed by atoms with van der Waals surface area (Å²) in [6.45, 7) is 0.535. The van der Waals surface area contributed by atoms with Crippen LogP contribution in [0.5, 0.6) is 0 Å². The Morgan fingerprint density at radius 1 is 1.33 bits per heavy atom. The zero-order valence-corrected chi connectivity index (χ0v) is 5.53. The normalized spacial score (nSPS) is 28.3. The SMILES string of the molecule is CN1CCCCC1(F)F. The lowest BCUT2D eigenvalue weighted by atomic mass is 10.1. The lowest BCUT2D eigenvalue weighted by molar-refractivity contribution is -0.155. The van der Waals surface area contributed by atoms with E-state index in [0.29, 0.717) is 13.0 Å². The summed E-state index contributed by atoms with van der Waals surface area (Å²) < 4.78 is 25.0. The van der Waals surface area contributed by atoms with Gasteiger partial charge in [-0.05, 0) is 19.9 Å². The third kappa shape index (κ3) is 1.39. The zero-order chi connectivity index (χ0) is 6.91. The minimum atomic E-state index is -2.53. The second kappa shape index (κ2) is 2.21. The van der Waals surface area contributed by atoms with Crippen molar-refractivity contribution in [3.63, 3.8) is 0 Å². The Morgan fingerprint density at radius 3 is 2.33 bits per heavy atom. The highest BCUT2D eigenvalue weighted by molar-refractivity contribution is 4.71. The van der Waals surface area contributed by atoms with Crippen LogP contribution in [0.15, 0.2) is 0 Å².